The first kappa shape index (κ1) is 10.2. The normalized spacial score (nSPS) is 10.4. The van der Waals surface area contributed by atoms with Gasteiger partial charge in [-0.05, 0) is 30.5 Å². The zero-order chi connectivity index (χ0) is 9.68. The summed E-state index contributed by atoms with van der Waals surface area (Å²) < 4.78 is 0. The zero-order valence-corrected chi connectivity index (χ0v) is 8.38. The Hall–Kier alpha value is -0.890. The number of rotatable bonds is 4. The van der Waals surface area contributed by atoms with E-state index in [1.54, 1.807) is 0 Å². The van der Waals surface area contributed by atoms with Gasteiger partial charge in [-0.3, -0.25) is 4.98 Å². The molecule has 0 spiro atoms. The Labute approximate surface area is 79.6 Å². The van der Waals surface area contributed by atoms with E-state index in [-0.39, 0.29) is 6.61 Å². The van der Waals surface area contributed by atoms with Gasteiger partial charge in [0.2, 0.25) is 0 Å². The van der Waals surface area contributed by atoms with Crippen molar-refractivity contribution in [3.63, 3.8) is 0 Å². The molecule has 0 unspecified atom stereocenters. The van der Waals surface area contributed by atoms with E-state index in [4.69, 9.17) is 5.11 Å². The first-order valence-electron chi connectivity index (χ1n) is 4.89. The number of pyridine rings is 1. The molecule has 1 aromatic heterocycles. The third kappa shape index (κ3) is 2.81. The Morgan fingerprint density at radius 1 is 1.23 bits per heavy atom. The summed E-state index contributed by atoms with van der Waals surface area (Å²) in [5.74, 6) is 0. The molecule has 0 atom stereocenters. The van der Waals surface area contributed by atoms with Crippen molar-refractivity contribution in [2.75, 3.05) is 0 Å². The number of aryl methyl sites for hydroxylation is 2. The van der Waals surface area contributed by atoms with Gasteiger partial charge < -0.3 is 5.11 Å². The molecule has 1 N–H and O–H groups in total. The van der Waals surface area contributed by atoms with Gasteiger partial charge in [-0.25, -0.2) is 0 Å². The summed E-state index contributed by atoms with van der Waals surface area (Å²) in [5, 5.41) is 8.99. The minimum atomic E-state index is 0.0462. The average Bonchev–Trinajstić information content (AvgIpc) is 2.17. The van der Waals surface area contributed by atoms with Crippen LogP contribution in [0.25, 0.3) is 0 Å². The Bertz CT molecular complexity index is 249. The zero-order valence-electron chi connectivity index (χ0n) is 8.38. The molecule has 0 aliphatic rings. The Balaban J connectivity index is 2.93. The monoisotopic (exact) mass is 179 g/mol. The van der Waals surface area contributed by atoms with Crippen LogP contribution >= 0.6 is 0 Å². The lowest BCUT2D eigenvalue weighted by Crippen LogP contribution is -1.98. The summed E-state index contributed by atoms with van der Waals surface area (Å²) in [6, 6.07) is 4.10. The van der Waals surface area contributed by atoms with Crippen LogP contribution < -0.4 is 0 Å². The maximum Gasteiger partial charge on any atom is 0.0853 e. The van der Waals surface area contributed by atoms with Crippen molar-refractivity contribution >= 4 is 0 Å². The smallest absolute Gasteiger partial charge is 0.0853 e. The lowest BCUT2D eigenvalue weighted by Gasteiger charge is -2.04. The molecule has 1 rings (SSSR count). The molecular weight excluding hydrogens is 162 g/mol. The maximum atomic E-state index is 8.99. The van der Waals surface area contributed by atoms with Crippen LogP contribution in [0.3, 0.4) is 0 Å². The van der Waals surface area contributed by atoms with Crippen molar-refractivity contribution in [1.82, 2.24) is 4.98 Å². The van der Waals surface area contributed by atoms with Crippen LogP contribution in [0.2, 0.25) is 0 Å². The third-order valence-corrected chi connectivity index (χ3v) is 2.07. The quantitative estimate of drug-likeness (QED) is 0.767. The van der Waals surface area contributed by atoms with E-state index in [1.807, 2.05) is 6.07 Å². The average molecular weight is 179 g/mol. The summed E-state index contributed by atoms with van der Waals surface area (Å²) in [6.45, 7) is 4.30. The Kier molecular flexibility index (Phi) is 3.90. The molecule has 0 amide bonds. The van der Waals surface area contributed by atoms with E-state index in [1.165, 1.54) is 5.56 Å². The highest BCUT2D eigenvalue weighted by molar-refractivity contribution is 5.21. The first-order valence-corrected chi connectivity index (χ1v) is 4.89. The molecule has 0 aliphatic heterocycles. The van der Waals surface area contributed by atoms with E-state index >= 15 is 0 Å². The molecule has 72 valence electrons. The van der Waals surface area contributed by atoms with E-state index in [2.05, 4.69) is 24.9 Å². The van der Waals surface area contributed by atoms with Gasteiger partial charge in [-0.15, -0.1) is 0 Å². The van der Waals surface area contributed by atoms with E-state index in [9.17, 15) is 0 Å². The molecule has 1 aromatic rings. The minimum absolute atomic E-state index is 0.0462. The highest BCUT2D eigenvalue weighted by Crippen LogP contribution is 2.08. The van der Waals surface area contributed by atoms with Gasteiger partial charge in [0, 0.05) is 5.69 Å². The van der Waals surface area contributed by atoms with Gasteiger partial charge in [-0.2, -0.15) is 0 Å². The second-order valence-corrected chi connectivity index (χ2v) is 3.22. The predicted octanol–water partition coefficient (Wildman–Crippen LogP) is 2.09. The first-order chi connectivity index (χ1) is 6.30. The van der Waals surface area contributed by atoms with E-state index in [0.717, 1.165) is 30.7 Å². The fourth-order valence-corrected chi connectivity index (χ4v) is 1.39. The summed E-state index contributed by atoms with van der Waals surface area (Å²) >= 11 is 0. The van der Waals surface area contributed by atoms with Gasteiger partial charge in [0.15, 0.2) is 0 Å². The van der Waals surface area contributed by atoms with Crippen LogP contribution in [0.15, 0.2) is 12.1 Å². The number of aromatic nitrogens is 1. The number of hydrogen-bond donors (Lipinski definition) is 1. The highest BCUT2D eigenvalue weighted by atomic mass is 16.3. The van der Waals surface area contributed by atoms with Crippen LogP contribution in [-0.4, -0.2) is 10.1 Å². The maximum absolute atomic E-state index is 8.99. The fourth-order valence-electron chi connectivity index (χ4n) is 1.39. The predicted molar refractivity (Wildman–Crippen MR) is 53.5 cm³/mol. The molecule has 0 aromatic carbocycles. The summed E-state index contributed by atoms with van der Waals surface area (Å²) in [5.41, 5.74) is 3.16. The topological polar surface area (TPSA) is 33.1 Å². The molecule has 2 nitrogen and oxygen atoms in total. The second kappa shape index (κ2) is 4.97. The largest absolute Gasteiger partial charge is 0.390 e. The van der Waals surface area contributed by atoms with E-state index < -0.39 is 0 Å². The summed E-state index contributed by atoms with van der Waals surface area (Å²) in [6.07, 6.45) is 3.11. The van der Waals surface area contributed by atoms with Crippen molar-refractivity contribution in [3.8, 4) is 0 Å². The van der Waals surface area contributed by atoms with Crippen molar-refractivity contribution in [2.24, 2.45) is 0 Å². The molecule has 1 heterocycles. The Morgan fingerprint density at radius 2 is 1.92 bits per heavy atom. The molecule has 0 radical (unpaired) electrons. The molecule has 0 bridgehead atoms. The van der Waals surface area contributed by atoms with Gasteiger partial charge in [-0.1, -0.05) is 20.3 Å². The summed E-state index contributed by atoms with van der Waals surface area (Å²) in [4.78, 5) is 4.34. The van der Waals surface area contributed by atoms with Gasteiger partial charge in [0.05, 0.1) is 12.3 Å². The standard InChI is InChI=1S/C11H17NO/c1-3-5-10-6-9(4-2)7-11(8-13)12-10/h6-7,13H,3-5,8H2,1-2H3. The number of aliphatic hydroxyl groups excluding tert-OH is 1. The third-order valence-electron chi connectivity index (χ3n) is 2.07. The van der Waals surface area contributed by atoms with Gasteiger partial charge in [0.1, 0.15) is 0 Å². The lowest BCUT2D eigenvalue weighted by molar-refractivity contribution is 0.276. The van der Waals surface area contributed by atoms with Crippen LogP contribution in [0.4, 0.5) is 0 Å². The number of hydrogen-bond acceptors (Lipinski definition) is 2. The second-order valence-electron chi connectivity index (χ2n) is 3.22. The number of nitrogens with zero attached hydrogens (tertiary/aromatic N) is 1. The van der Waals surface area contributed by atoms with Crippen LogP contribution in [0.5, 0.6) is 0 Å². The molecule has 0 saturated carbocycles. The van der Waals surface area contributed by atoms with Crippen molar-refractivity contribution in [2.45, 2.75) is 39.7 Å². The lowest BCUT2D eigenvalue weighted by atomic mass is 10.1. The number of aliphatic hydroxyl groups is 1. The van der Waals surface area contributed by atoms with Crippen molar-refractivity contribution in [1.29, 1.82) is 0 Å². The highest BCUT2D eigenvalue weighted by Gasteiger charge is 2.00. The molecule has 0 saturated heterocycles. The molecule has 0 aliphatic carbocycles. The van der Waals surface area contributed by atoms with Crippen LogP contribution in [0.1, 0.15) is 37.2 Å². The fraction of sp³-hybridized carbons (Fsp3) is 0.545. The van der Waals surface area contributed by atoms with Crippen LogP contribution in [0, 0.1) is 0 Å². The molecular formula is C11H17NO. The Morgan fingerprint density at radius 3 is 2.46 bits per heavy atom. The SMILES string of the molecule is CCCc1cc(CC)cc(CO)n1. The summed E-state index contributed by atoms with van der Waals surface area (Å²) in [7, 11) is 0. The minimum Gasteiger partial charge on any atom is -0.390 e. The van der Waals surface area contributed by atoms with Gasteiger partial charge in [0.25, 0.3) is 0 Å². The van der Waals surface area contributed by atoms with E-state index in [0.29, 0.717) is 0 Å². The molecule has 0 fully saturated rings. The van der Waals surface area contributed by atoms with Crippen molar-refractivity contribution < 1.29 is 5.11 Å². The molecule has 2 heteroatoms. The molecule has 13 heavy (non-hydrogen) atoms. The van der Waals surface area contributed by atoms with Crippen LogP contribution in [-0.2, 0) is 19.4 Å². The van der Waals surface area contributed by atoms with Gasteiger partial charge >= 0.3 is 0 Å². The van der Waals surface area contributed by atoms with Crippen molar-refractivity contribution in [3.05, 3.63) is 29.1 Å².